The number of amides is 1. The van der Waals surface area contributed by atoms with Crippen molar-refractivity contribution in [2.24, 2.45) is 0 Å². The smallest absolute Gasteiger partial charge is 0.241 e. The van der Waals surface area contributed by atoms with Gasteiger partial charge in [-0.05, 0) is 60.7 Å². The Morgan fingerprint density at radius 3 is 2.44 bits per heavy atom. The van der Waals surface area contributed by atoms with E-state index in [1.165, 1.54) is 6.92 Å². The predicted molar refractivity (Wildman–Crippen MR) is 102 cm³/mol. The van der Waals surface area contributed by atoms with Crippen molar-refractivity contribution in [3.63, 3.8) is 0 Å². The van der Waals surface area contributed by atoms with E-state index in [1.54, 1.807) is 30.2 Å². The Kier molecular flexibility index (Phi) is 4.24. The minimum Gasteiger partial charge on any atom is -0.497 e. The fourth-order valence-corrected chi connectivity index (χ4v) is 5.17. The van der Waals surface area contributed by atoms with Gasteiger partial charge in [-0.25, -0.2) is 13.1 Å². The summed E-state index contributed by atoms with van der Waals surface area (Å²) in [6.07, 6.45) is 2.20. The maximum Gasteiger partial charge on any atom is 0.241 e. The third-order valence-electron chi connectivity index (χ3n) is 5.36. The van der Waals surface area contributed by atoms with Gasteiger partial charge >= 0.3 is 0 Å². The van der Waals surface area contributed by atoms with Crippen LogP contribution >= 0.6 is 0 Å². The highest BCUT2D eigenvalue weighted by atomic mass is 32.2. The Balaban J connectivity index is 1.60. The van der Waals surface area contributed by atoms with E-state index in [4.69, 9.17) is 4.74 Å². The monoisotopic (exact) mass is 386 g/mol. The first-order valence-corrected chi connectivity index (χ1v) is 10.4. The molecule has 1 amide bonds. The van der Waals surface area contributed by atoms with Crippen molar-refractivity contribution in [1.29, 1.82) is 0 Å². The quantitative estimate of drug-likeness (QED) is 0.857. The zero-order chi connectivity index (χ0) is 19.2. The van der Waals surface area contributed by atoms with E-state index in [2.05, 4.69) is 4.72 Å². The standard InChI is InChI=1S/C20H22N2O4S/c1-14(23)22-12-9-15-13-18(7-8-19(15)22)27(24,25)21-20(10-11-20)16-3-5-17(26-2)6-4-16/h3-8,13,21H,9-12H2,1-2H3. The van der Waals surface area contributed by atoms with Gasteiger partial charge in [0.05, 0.1) is 17.5 Å². The Bertz CT molecular complexity index is 995. The lowest BCUT2D eigenvalue weighted by molar-refractivity contribution is -0.116. The van der Waals surface area contributed by atoms with Crippen molar-refractivity contribution >= 4 is 21.6 Å². The van der Waals surface area contributed by atoms with E-state index < -0.39 is 15.6 Å². The predicted octanol–water partition coefficient (Wildman–Crippen LogP) is 2.57. The lowest BCUT2D eigenvalue weighted by atomic mass is 10.1. The molecule has 1 fully saturated rings. The molecule has 1 N–H and O–H groups in total. The van der Waals surface area contributed by atoms with Crippen LogP contribution in [0.15, 0.2) is 47.4 Å². The molecule has 0 bridgehead atoms. The zero-order valence-electron chi connectivity index (χ0n) is 15.4. The van der Waals surface area contributed by atoms with Crippen LogP contribution in [0.4, 0.5) is 5.69 Å². The molecule has 2 aliphatic rings. The number of hydrogen-bond acceptors (Lipinski definition) is 4. The van der Waals surface area contributed by atoms with Gasteiger partial charge in [-0.3, -0.25) is 4.79 Å². The third kappa shape index (κ3) is 3.21. The Morgan fingerprint density at radius 2 is 1.85 bits per heavy atom. The largest absolute Gasteiger partial charge is 0.497 e. The highest BCUT2D eigenvalue weighted by Gasteiger charge is 2.47. The molecule has 0 aromatic heterocycles. The first-order valence-electron chi connectivity index (χ1n) is 8.94. The number of nitrogens with zero attached hydrogens (tertiary/aromatic N) is 1. The van der Waals surface area contributed by atoms with Gasteiger partial charge in [0.15, 0.2) is 0 Å². The highest BCUT2D eigenvalue weighted by Crippen LogP contribution is 2.47. The number of anilines is 1. The summed E-state index contributed by atoms with van der Waals surface area (Å²) < 4.78 is 34.0. The van der Waals surface area contributed by atoms with E-state index in [9.17, 15) is 13.2 Å². The van der Waals surface area contributed by atoms with Crippen molar-refractivity contribution < 1.29 is 17.9 Å². The minimum absolute atomic E-state index is 0.0288. The highest BCUT2D eigenvalue weighted by molar-refractivity contribution is 7.89. The molecule has 1 aliphatic heterocycles. The van der Waals surface area contributed by atoms with Crippen LogP contribution in [0, 0.1) is 0 Å². The maximum absolute atomic E-state index is 13.0. The Labute approximate surface area is 159 Å². The molecule has 2 aromatic carbocycles. The second-order valence-electron chi connectivity index (χ2n) is 7.13. The average molecular weight is 386 g/mol. The van der Waals surface area contributed by atoms with Crippen LogP contribution in [0.5, 0.6) is 5.75 Å². The van der Waals surface area contributed by atoms with Gasteiger partial charge in [0, 0.05) is 19.2 Å². The first kappa shape index (κ1) is 18.0. The molecular weight excluding hydrogens is 364 g/mol. The molecule has 142 valence electrons. The van der Waals surface area contributed by atoms with Gasteiger partial charge in [0.2, 0.25) is 15.9 Å². The molecular formula is C20H22N2O4S. The Hall–Kier alpha value is -2.38. The topological polar surface area (TPSA) is 75.7 Å². The zero-order valence-corrected chi connectivity index (χ0v) is 16.2. The number of methoxy groups -OCH3 is 1. The summed E-state index contributed by atoms with van der Waals surface area (Å²) in [6, 6.07) is 12.5. The normalized spacial score (nSPS) is 17.5. The lowest BCUT2D eigenvalue weighted by Crippen LogP contribution is -2.34. The average Bonchev–Trinajstić information content (AvgIpc) is 3.29. The Morgan fingerprint density at radius 1 is 1.15 bits per heavy atom. The van der Waals surface area contributed by atoms with E-state index in [-0.39, 0.29) is 10.8 Å². The van der Waals surface area contributed by atoms with Gasteiger partial charge in [0.25, 0.3) is 0 Å². The van der Waals surface area contributed by atoms with Gasteiger partial charge < -0.3 is 9.64 Å². The van der Waals surface area contributed by atoms with Crippen LogP contribution in [0.2, 0.25) is 0 Å². The summed E-state index contributed by atoms with van der Waals surface area (Å²) in [5.74, 6) is 0.713. The summed E-state index contributed by atoms with van der Waals surface area (Å²) in [5, 5.41) is 0. The third-order valence-corrected chi connectivity index (χ3v) is 6.89. The van der Waals surface area contributed by atoms with Crippen LogP contribution in [-0.2, 0) is 26.8 Å². The first-order chi connectivity index (χ1) is 12.8. The molecule has 0 radical (unpaired) electrons. The van der Waals surface area contributed by atoms with E-state index in [1.807, 2.05) is 24.3 Å². The van der Waals surface area contributed by atoms with Gasteiger partial charge in [-0.1, -0.05) is 12.1 Å². The summed E-state index contributed by atoms with van der Waals surface area (Å²) in [6.45, 7) is 2.12. The molecule has 2 aromatic rings. The van der Waals surface area contributed by atoms with Gasteiger partial charge in [-0.15, -0.1) is 0 Å². The minimum atomic E-state index is -3.66. The molecule has 27 heavy (non-hydrogen) atoms. The number of benzene rings is 2. The van der Waals surface area contributed by atoms with Crippen molar-refractivity contribution in [2.75, 3.05) is 18.6 Å². The molecule has 7 heteroatoms. The van der Waals surface area contributed by atoms with Crippen LogP contribution in [0.3, 0.4) is 0 Å². The van der Waals surface area contributed by atoms with E-state index >= 15 is 0 Å². The van der Waals surface area contributed by atoms with Crippen molar-refractivity contribution in [3.8, 4) is 5.75 Å². The number of carbonyl (C=O) groups excluding carboxylic acids is 1. The SMILES string of the molecule is COc1ccc(C2(NS(=O)(=O)c3ccc4c(c3)CCN4C(C)=O)CC2)cc1. The fraction of sp³-hybridized carbons (Fsp3) is 0.350. The van der Waals surface area contributed by atoms with Crippen LogP contribution < -0.4 is 14.4 Å². The summed E-state index contributed by atoms with van der Waals surface area (Å²) in [7, 11) is -2.06. The molecule has 1 saturated carbocycles. The summed E-state index contributed by atoms with van der Waals surface area (Å²) in [4.78, 5) is 13.6. The summed E-state index contributed by atoms with van der Waals surface area (Å²) in [5.41, 5.74) is 2.09. The maximum atomic E-state index is 13.0. The number of hydrogen-bond donors (Lipinski definition) is 1. The number of rotatable bonds is 5. The summed E-state index contributed by atoms with van der Waals surface area (Å²) >= 11 is 0. The van der Waals surface area contributed by atoms with E-state index in [0.29, 0.717) is 13.0 Å². The van der Waals surface area contributed by atoms with Crippen molar-refractivity contribution in [1.82, 2.24) is 4.72 Å². The second kappa shape index (κ2) is 6.35. The van der Waals surface area contributed by atoms with Crippen LogP contribution in [0.1, 0.15) is 30.9 Å². The molecule has 0 saturated heterocycles. The number of nitrogens with one attached hydrogen (secondary N) is 1. The van der Waals surface area contributed by atoms with Gasteiger partial charge in [0.1, 0.15) is 5.75 Å². The molecule has 6 nitrogen and oxygen atoms in total. The molecule has 1 heterocycles. The van der Waals surface area contributed by atoms with Crippen molar-refractivity contribution in [2.45, 2.75) is 36.6 Å². The second-order valence-corrected chi connectivity index (χ2v) is 8.81. The number of ether oxygens (including phenoxy) is 1. The number of carbonyl (C=O) groups is 1. The molecule has 4 rings (SSSR count). The molecule has 0 unspecified atom stereocenters. The molecule has 0 spiro atoms. The number of sulfonamides is 1. The fourth-order valence-electron chi connectivity index (χ4n) is 3.67. The van der Waals surface area contributed by atoms with Crippen LogP contribution in [-0.4, -0.2) is 28.0 Å². The molecule has 0 atom stereocenters. The van der Waals surface area contributed by atoms with Crippen molar-refractivity contribution in [3.05, 3.63) is 53.6 Å². The van der Waals surface area contributed by atoms with E-state index in [0.717, 1.165) is 35.4 Å². The number of fused-ring (bicyclic) bond motifs is 1. The van der Waals surface area contributed by atoms with Gasteiger partial charge in [-0.2, -0.15) is 0 Å². The van der Waals surface area contributed by atoms with Crippen LogP contribution in [0.25, 0.3) is 0 Å². The molecule has 1 aliphatic carbocycles. The lowest BCUT2D eigenvalue weighted by Gasteiger charge is -2.19.